The highest BCUT2D eigenvalue weighted by Crippen LogP contribution is 2.45. The van der Waals surface area contributed by atoms with Crippen molar-refractivity contribution in [3.05, 3.63) is 76.3 Å². The Morgan fingerprint density at radius 3 is 2.05 bits per heavy atom. The molecule has 3 aliphatic heterocycles. The minimum atomic E-state index is -1.31. The van der Waals surface area contributed by atoms with E-state index in [2.05, 4.69) is 31.9 Å². The number of epoxide rings is 1. The number of cyclic esters (lactones) is 2. The summed E-state index contributed by atoms with van der Waals surface area (Å²) >= 11 is 6.40. The minimum absolute atomic E-state index is 0.00651. The van der Waals surface area contributed by atoms with Crippen molar-refractivity contribution in [3.63, 3.8) is 0 Å². The van der Waals surface area contributed by atoms with E-state index in [1.54, 1.807) is 71.2 Å². The van der Waals surface area contributed by atoms with Crippen LogP contribution in [0, 0.1) is 23.2 Å². The summed E-state index contributed by atoms with van der Waals surface area (Å²) in [6, 6.07) is 8.79. The molecule has 0 unspecified atom stereocenters. The van der Waals surface area contributed by atoms with Crippen LogP contribution >= 0.6 is 11.6 Å². The van der Waals surface area contributed by atoms with Gasteiger partial charge in [-0.2, -0.15) is 0 Å². The largest absolute Gasteiger partial charge is 0.495 e. The van der Waals surface area contributed by atoms with Crippen LogP contribution < -0.4 is 36.6 Å². The number of rotatable bonds is 36. The number of ketones is 1. The number of nitrogens with zero attached hydrogens (tertiary/aromatic N) is 1. The molecule has 27 heteroatoms. The Labute approximate surface area is 549 Å². The Kier molecular flexibility index (Phi) is 31.8. The van der Waals surface area contributed by atoms with Crippen molar-refractivity contribution >= 4 is 76.6 Å². The van der Waals surface area contributed by atoms with Crippen LogP contribution in [0.2, 0.25) is 5.02 Å². The van der Waals surface area contributed by atoms with Crippen LogP contribution in [0.4, 0.5) is 0 Å². The van der Waals surface area contributed by atoms with E-state index < -0.39 is 119 Å². The molecule has 2 aromatic rings. The second kappa shape index (κ2) is 38.7. The Balaban J connectivity index is 1.23. The number of likely N-dealkylation sites (tertiary alicyclic amines) is 1. The molecule has 0 bridgehead atoms. The Hall–Kier alpha value is -7.36. The summed E-state index contributed by atoms with van der Waals surface area (Å²) in [5.74, 6) is -6.73. The first kappa shape index (κ1) is 76.4. The van der Waals surface area contributed by atoms with Crippen molar-refractivity contribution in [2.45, 2.75) is 162 Å². The lowest BCUT2D eigenvalue weighted by Crippen LogP contribution is -2.55. The molecule has 2 fully saturated rings. The molecule has 6 N–H and O–H groups in total. The van der Waals surface area contributed by atoms with E-state index in [1.165, 1.54) is 13.2 Å². The number of halogens is 1. The lowest BCUT2D eigenvalue weighted by molar-refractivity contribution is -0.179. The summed E-state index contributed by atoms with van der Waals surface area (Å²) in [5.41, 5.74) is 0.760. The number of methoxy groups -OCH3 is 2. The minimum Gasteiger partial charge on any atom is -0.495 e. The second-order valence-corrected chi connectivity index (χ2v) is 25.1. The maximum atomic E-state index is 14.1. The van der Waals surface area contributed by atoms with Crippen LogP contribution in [0.5, 0.6) is 5.75 Å². The average Bonchev–Trinajstić information content (AvgIpc) is 1.66. The number of carbonyl (C=O) groups is 11. The predicted molar refractivity (Wildman–Crippen MR) is 339 cm³/mol. The maximum Gasteiger partial charge on any atom is 0.347 e. The molecule has 0 saturated carbocycles. The van der Waals surface area contributed by atoms with E-state index in [-0.39, 0.29) is 115 Å². The van der Waals surface area contributed by atoms with Crippen molar-refractivity contribution in [3.8, 4) is 5.75 Å². The molecule has 0 radical (unpaired) electrons. The summed E-state index contributed by atoms with van der Waals surface area (Å²) in [4.78, 5) is 147. The second-order valence-electron chi connectivity index (χ2n) is 24.6. The lowest BCUT2D eigenvalue weighted by Gasteiger charge is -2.29. The monoisotopic (exact) mass is 1320 g/mol. The summed E-state index contributed by atoms with van der Waals surface area (Å²) < 4.78 is 44.9. The molecular formula is C66H94ClN7O19. The molecule has 26 nitrogen and oxygen atoms in total. The Morgan fingerprint density at radius 1 is 0.763 bits per heavy atom. The van der Waals surface area contributed by atoms with Gasteiger partial charge in [-0.3, -0.25) is 52.8 Å². The molecule has 0 aliphatic carbocycles. The van der Waals surface area contributed by atoms with Gasteiger partial charge in [-0.05, 0) is 79.8 Å². The smallest absolute Gasteiger partial charge is 0.347 e. The lowest BCUT2D eigenvalue weighted by atomic mass is 9.92. The standard InChI is InChI=1S/C66H94ClN7O19/c1-40(2)34-52-64(84)91-50(13-11-15-54(77)71-49(36-44-18-22-51(87-9)47(67)35-44)62(82)70-39-66(6,7)65(85)92-52)42(5)59-60(93-59)45-19-16-43(17-20-45)37-69-61(81)48(21-23-53(76)68-26-27-88-30-31-90-33-32-89-29-28-86-8)72-63(83)58(41(3)4)73-55(78)14-10-12-46(75)38-74-56(79)24-25-57(74)80/h11,15-20,22,35,40-42,48-50,52,58-60H,10,12-14,21,23-34,36-39H2,1-9H3,(H,68,76)(H,69,81)(H,70,82)(H,71,77)(H,72,83)(H,73,78)/b15-11+/t42-,48-,49+,50-,52-,58-,59+,60+/m0/s1. The fourth-order valence-electron chi connectivity index (χ4n) is 10.1. The van der Waals surface area contributed by atoms with Gasteiger partial charge in [-0.15, -0.1) is 0 Å². The zero-order chi connectivity index (χ0) is 68.2. The fraction of sp³-hybridized carbons (Fsp3) is 0.621. The SMILES string of the molecule is COCCOCCOCCOCCNC(=O)CC[C@H](NC(=O)[C@@H](NC(=O)CCCC(=O)CN1C(=O)CCC1=O)C(C)C)C(=O)NCc1ccc([C@H]2O[C@@H]2[C@@H](C)[C@@H]2C/C=C/C(=O)N[C@H](Cc3ccc(OC)c(Cl)c3)C(=O)NCC(C)(C)C(=O)O[C@@H](CC(C)C)C(=O)O2)cc1. The molecule has 3 aliphatic rings. The van der Waals surface area contributed by atoms with Gasteiger partial charge in [0, 0.05) is 77.6 Å². The van der Waals surface area contributed by atoms with E-state index >= 15 is 0 Å². The molecule has 5 rings (SSSR count). The Bertz CT molecular complexity index is 2890. The van der Waals surface area contributed by atoms with E-state index in [1.807, 2.05) is 32.9 Å². The molecule has 3 heterocycles. The zero-order valence-electron chi connectivity index (χ0n) is 54.9. The first-order valence-electron chi connectivity index (χ1n) is 31.7. The third kappa shape index (κ3) is 26.2. The number of Topliss-reactive ketones (excluding diaryl/α,β-unsaturated/α-hetero) is 1. The van der Waals surface area contributed by atoms with Gasteiger partial charge in [0.25, 0.3) is 0 Å². The van der Waals surface area contributed by atoms with Gasteiger partial charge in [0.05, 0.1) is 76.4 Å². The first-order valence-corrected chi connectivity index (χ1v) is 32.1. The highest BCUT2D eigenvalue weighted by molar-refractivity contribution is 6.32. The van der Waals surface area contributed by atoms with Crippen molar-refractivity contribution in [1.82, 2.24) is 36.8 Å². The molecule has 2 aromatic carbocycles. The van der Waals surface area contributed by atoms with Crippen LogP contribution in [0.1, 0.15) is 129 Å². The highest BCUT2D eigenvalue weighted by atomic mass is 35.5. The normalized spacial score (nSPS) is 20.8. The quantitative estimate of drug-likeness (QED) is 0.0244. The van der Waals surface area contributed by atoms with Crippen molar-refractivity contribution < 1.29 is 90.6 Å². The predicted octanol–water partition coefficient (Wildman–Crippen LogP) is 3.85. The third-order valence-electron chi connectivity index (χ3n) is 15.7. The van der Waals surface area contributed by atoms with Crippen molar-refractivity contribution in [2.75, 3.05) is 80.1 Å². The van der Waals surface area contributed by atoms with Crippen molar-refractivity contribution in [1.29, 1.82) is 0 Å². The van der Waals surface area contributed by atoms with Gasteiger partial charge in [-0.1, -0.05) is 82.6 Å². The number of ether oxygens (including phenoxy) is 8. The summed E-state index contributed by atoms with van der Waals surface area (Å²) in [5, 5.41) is 16.9. The van der Waals surface area contributed by atoms with E-state index in [0.717, 1.165) is 10.5 Å². The highest BCUT2D eigenvalue weighted by Gasteiger charge is 2.48. The summed E-state index contributed by atoms with van der Waals surface area (Å²) in [7, 11) is 3.06. The van der Waals surface area contributed by atoms with Crippen LogP contribution in [0.25, 0.3) is 0 Å². The van der Waals surface area contributed by atoms with Crippen molar-refractivity contribution in [2.24, 2.45) is 23.2 Å². The molecule has 0 aromatic heterocycles. The zero-order valence-corrected chi connectivity index (χ0v) is 55.7. The molecule has 93 heavy (non-hydrogen) atoms. The van der Waals surface area contributed by atoms with Crippen LogP contribution in [-0.4, -0.2) is 186 Å². The topological polar surface area (TPSA) is 340 Å². The molecular weight excluding hydrogens is 1230 g/mol. The first-order chi connectivity index (χ1) is 44.3. The summed E-state index contributed by atoms with van der Waals surface area (Å²) in [6.07, 6.45) is -0.340. The van der Waals surface area contributed by atoms with E-state index in [0.29, 0.717) is 54.9 Å². The molecule has 2 saturated heterocycles. The molecule has 8 atom stereocenters. The molecule has 8 amide bonds. The third-order valence-corrected chi connectivity index (χ3v) is 16.0. The fourth-order valence-corrected chi connectivity index (χ4v) is 10.4. The number of imide groups is 1. The van der Waals surface area contributed by atoms with E-state index in [9.17, 15) is 52.7 Å². The van der Waals surface area contributed by atoms with Crippen LogP contribution in [0.3, 0.4) is 0 Å². The maximum absolute atomic E-state index is 14.1. The van der Waals surface area contributed by atoms with E-state index in [4.69, 9.17) is 49.5 Å². The average molecular weight is 1320 g/mol. The van der Waals surface area contributed by atoms with Gasteiger partial charge in [0.1, 0.15) is 36.1 Å². The number of hydrogen-bond donors (Lipinski definition) is 6. The van der Waals surface area contributed by atoms with Gasteiger partial charge < -0.3 is 69.8 Å². The summed E-state index contributed by atoms with van der Waals surface area (Å²) in [6.45, 7) is 14.3. The number of carbonyl (C=O) groups excluding carboxylic acids is 11. The number of nitrogens with one attached hydrogen (secondary N) is 6. The van der Waals surface area contributed by atoms with Gasteiger partial charge in [0.15, 0.2) is 11.9 Å². The van der Waals surface area contributed by atoms with Crippen LogP contribution in [-0.2, 0) is 98.9 Å². The van der Waals surface area contributed by atoms with Gasteiger partial charge in [-0.25, -0.2) is 4.79 Å². The molecule has 0 spiro atoms. The number of benzene rings is 2. The number of esters is 2. The number of hydrogen-bond acceptors (Lipinski definition) is 19. The number of amides is 8. The molecule has 514 valence electrons. The van der Waals surface area contributed by atoms with Gasteiger partial charge >= 0.3 is 11.9 Å². The van der Waals surface area contributed by atoms with Crippen LogP contribution in [0.15, 0.2) is 54.6 Å². The Morgan fingerprint density at radius 2 is 1.42 bits per heavy atom. The van der Waals surface area contributed by atoms with Gasteiger partial charge in [0.2, 0.25) is 47.3 Å².